The molecule has 1 aliphatic heterocycles. The Bertz CT molecular complexity index is 783. The van der Waals surface area contributed by atoms with Gasteiger partial charge in [0.2, 0.25) is 0 Å². The molecule has 1 amide bonds. The molecule has 138 valence electrons. The molecule has 8 heteroatoms. The molecule has 0 radical (unpaired) electrons. The van der Waals surface area contributed by atoms with Crippen molar-refractivity contribution in [3.05, 3.63) is 64.4 Å². The summed E-state index contributed by atoms with van der Waals surface area (Å²) < 4.78 is 37.8. The Hall–Kier alpha value is -1.73. The van der Waals surface area contributed by atoms with Crippen molar-refractivity contribution in [2.45, 2.75) is 17.8 Å². The molecule has 0 bridgehead atoms. The Balaban J connectivity index is 1.69. The highest BCUT2D eigenvalue weighted by molar-refractivity contribution is 7.99. The number of aromatic nitrogens is 1. The summed E-state index contributed by atoms with van der Waals surface area (Å²) in [5.74, 6) is 0.432. The minimum absolute atomic E-state index is 0.166. The molecule has 3 rings (SSSR count). The summed E-state index contributed by atoms with van der Waals surface area (Å²) in [6, 6.07) is 9.66. The van der Waals surface area contributed by atoms with E-state index in [0.717, 1.165) is 30.0 Å². The number of pyridine rings is 1. The fraction of sp³-hybridized carbons (Fsp3) is 0.333. The number of carbonyl (C=O) groups excluding carboxylic acids is 1. The lowest BCUT2D eigenvalue weighted by atomic mass is 10.1. The Labute approximate surface area is 158 Å². The largest absolute Gasteiger partial charge is 0.433 e. The van der Waals surface area contributed by atoms with Gasteiger partial charge in [-0.25, -0.2) is 0 Å². The van der Waals surface area contributed by atoms with Crippen molar-refractivity contribution in [1.29, 1.82) is 0 Å². The van der Waals surface area contributed by atoms with Crippen LogP contribution in [-0.2, 0) is 6.18 Å². The van der Waals surface area contributed by atoms with E-state index in [1.165, 1.54) is 6.07 Å². The lowest BCUT2D eigenvalue weighted by Crippen LogP contribution is -2.33. The fourth-order valence-corrected chi connectivity index (χ4v) is 4.43. The van der Waals surface area contributed by atoms with Crippen LogP contribution in [0.25, 0.3) is 0 Å². The molecular formula is C18H16ClF3N2OS. The number of nitrogens with zero attached hydrogens (tertiary/aromatic N) is 2. The van der Waals surface area contributed by atoms with Crippen LogP contribution in [0.2, 0.25) is 5.02 Å². The predicted octanol–water partition coefficient (Wildman–Crippen LogP) is 5.07. The van der Waals surface area contributed by atoms with E-state index in [1.807, 2.05) is 24.3 Å². The highest BCUT2D eigenvalue weighted by Gasteiger charge is 2.32. The van der Waals surface area contributed by atoms with E-state index in [-0.39, 0.29) is 16.7 Å². The molecule has 0 spiro atoms. The van der Waals surface area contributed by atoms with Gasteiger partial charge in [0.25, 0.3) is 5.91 Å². The minimum Gasteiger partial charge on any atom is -0.338 e. The SMILES string of the molecule is O=C(c1ccc(C(F)(F)F)nc1)N1CCS[C@@H](c2ccccc2Cl)CC1. The second kappa shape index (κ2) is 7.88. The first-order valence-electron chi connectivity index (χ1n) is 8.05. The van der Waals surface area contributed by atoms with Crippen molar-refractivity contribution in [2.75, 3.05) is 18.8 Å². The van der Waals surface area contributed by atoms with Gasteiger partial charge >= 0.3 is 6.18 Å². The topological polar surface area (TPSA) is 33.2 Å². The van der Waals surface area contributed by atoms with Crippen LogP contribution in [0.15, 0.2) is 42.6 Å². The lowest BCUT2D eigenvalue weighted by Gasteiger charge is -2.20. The third kappa shape index (κ3) is 4.32. The maximum Gasteiger partial charge on any atom is 0.433 e. The standard InChI is InChI=1S/C18H16ClF3N2OS/c19-14-4-2-1-3-13(14)15-7-8-24(9-10-26-15)17(25)12-5-6-16(23-11-12)18(20,21)22/h1-6,11,15H,7-10H2/t15-/m1/s1. The summed E-state index contributed by atoms with van der Waals surface area (Å²) in [6.45, 7) is 1.05. The molecule has 2 aromatic rings. The lowest BCUT2D eigenvalue weighted by molar-refractivity contribution is -0.141. The van der Waals surface area contributed by atoms with E-state index in [1.54, 1.807) is 16.7 Å². The first kappa shape index (κ1) is 19.0. The van der Waals surface area contributed by atoms with Crippen LogP contribution in [0.5, 0.6) is 0 Å². The Morgan fingerprint density at radius 3 is 2.62 bits per heavy atom. The molecular weight excluding hydrogens is 385 g/mol. The van der Waals surface area contributed by atoms with E-state index in [2.05, 4.69) is 4.98 Å². The van der Waals surface area contributed by atoms with Gasteiger partial charge in [-0.1, -0.05) is 29.8 Å². The van der Waals surface area contributed by atoms with Crippen molar-refractivity contribution in [1.82, 2.24) is 9.88 Å². The molecule has 0 unspecified atom stereocenters. The number of rotatable bonds is 2. The minimum atomic E-state index is -4.51. The quantitative estimate of drug-likeness (QED) is 0.705. The molecule has 1 atom stereocenters. The summed E-state index contributed by atoms with van der Waals surface area (Å²) in [5.41, 5.74) is 0.211. The molecule has 2 heterocycles. The van der Waals surface area contributed by atoms with Crippen molar-refractivity contribution in [3.63, 3.8) is 0 Å². The maximum absolute atomic E-state index is 12.6. The summed E-state index contributed by atoms with van der Waals surface area (Å²) in [5, 5.41) is 0.893. The molecule has 1 fully saturated rings. The first-order valence-corrected chi connectivity index (χ1v) is 9.47. The molecule has 26 heavy (non-hydrogen) atoms. The third-order valence-electron chi connectivity index (χ3n) is 4.18. The van der Waals surface area contributed by atoms with E-state index >= 15 is 0 Å². The normalized spacial score (nSPS) is 18.5. The zero-order valence-corrected chi connectivity index (χ0v) is 15.2. The summed E-state index contributed by atoms with van der Waals surface area (Å²) in [6.07, 6.45) is -2.79. The number of benzene rings is 1. The van der Waals surface area contributed by atoms with Crippen molar-refractivity contribution in [2.24, 2.45) is 0 Å². The second-order valence-corrected chi connectivity index (χ2v) is 7.61. The van der Waals surface area contributed by atoms with E-state index in [9.17, 15) is 18.0 Å². The zero-order valence-electron chi connectivity index (χ0n) is 13.7. The average molecular weight is 401 g/mol. The molecule has 3 nitrogen and oxygen atoms in total. The number of carbonyl (C=O) groups is 1. The molecule has 1 saturated heterocycles. The van der Waals surface area contributed by atoms with Gasteiger partial charge in [0.15, 0.2) is 0 Å². The molecule has 0 aliphatic carbocycles. The summed E-state index contributed by atoms with van der Waals surface area (Å²) >= 11 is 7.99. The monoisotopic (exact) mass is 400 g/mol. The van der Waals surface area contributed by atoms with Gasteiger partial charge in [-0.3, -0.25) is 9.78 Å². The second-order valence-electron chi connectivity index (χ2n) is 5.89. The molecule has 1 aliphatic rings. The zero-order chi connectivity index (χ0) is 18.7. The van der Waals surface area contributed by atoms with Gasteiger partial charge in [-0.05, 0) is 30.2 Å². The number of halogens is 4. The molecule has 0 N–H and O–H groups in total. The van der Waals surface area contributed by atoms with E-state index in [0.29, 0.717) is 18.1 Å². The third-order valence-corrected chi connectivity index (χ3v) is 5.84. The van der Waals surface area contributed by atoms with Crippen molar-refractivity contribution in [3.8, 4) is 0 Å². The summed E-state index contributed by atoms with van der Waals surface area (Å²) in [4.78, 5) is 17.6. The van der Waals surface area contributed by atoms with Gasteiger partial charge in [0.05, 0.1) is 5.56 Å². The van der Waals surface area contributed by atoms with Gasteiger partial charge < -0.3 is 4.90 Å². The van der Waals surface area contributed by atoms with Gasteiger partial charge in [-0.2, -0.15) is 24.9 Å². The first-order chi connectivity index (χ1) is 12.4. The van der Waals surface area contributed by atoms with Gasteiger partial charge in [0, 0.05) is 35.3 Å². The van der Waals surface area contributed by atoms with Crippen LogP contribution < -0.4 is 0 Å². The van der Waals surface area contributed by atoms with Crippen LogP contribution >= 0.6 is 23.4 Å². The van der Waals surface area contributed by atoms with Crippen LogP contribution in [0.4, 0.5) is 13.2 Å². The smallest absolute Gasteiger partial charge is 0.338 e. The Morgan fingerprint density at radius 1 is 1.19 bits per heavy atom. The maximum atomic E-state index is 12.6. The molecule has 1 aromatic carbocycles. The number of amides is 1. The number of hydrogen-bond acceptors (Lipinski definition) is 3. The predicted molar refractivity (Wildman–Crippen MR) is 96.4 cm³/mol. The fourth-order valence-electron chi connectivity index (χ4n) is 2.83. The Kier molecular flexibility index (Phi) is 5.77. The highest BCUT2D eigenvalue weighted by Crippen LogP contribution is 2.38. The van der Waals surface area contributed by atoms with E-state index in [4.69, 9.17) is 11.6 Å². The van der Waals surface area contributed by atoms with Crippen molar-refractivity contribution < 1.29 is 18.0 Å². The summed E-state index contributed by atoms with van der Waals surface area (Å²) in [7, 11) is 0. The van der Waals surface area contributed by atoms with Gasteiger partial charge in [-0.15, -0.1) is 0 Å². The van der Waals surface area contributed by atoms with Crippen LogP contribution in [0, 0.1) is 0 Å². The van der Waals surface area contributed by atoms with Gasteiger partial charge in [0.1, 0.15) is 5.69 Å². The number of alkyl halides is 3. The number of hydrogen-bond donors (Lipinski definition) is 0. The average Bonchev–Trinajstić information content (AvgIpc) is 2.87. The molecule has 1 aromatic heterocycles. The van der Waals surface area contributed by atoms with Crippen LogP contribution in [0.1, 0.15) is 33.3 Å². The number of thioether (sulfide) groups is 1. The van der Waals surface area contributed by atoms with E-state index < -0.39 is 11.9 Å². The Morgan fingerprint density at radius 2 is 1.96 bits per heavy atom. The van der Waals surface area contributed by atoms with Crippen LogP contribution in [0.3, 0.4) is 0 Å². The molecule has 0 saturated carbocycles. The van der Waals surface area contributed by atoms with Crippen molar-refractivity contribution >= 4 is 29.3 Å². The highest BCUT2D eigenvalue weighted by atomic mass is 35.5. The van der Waals surface area contributed by atoms with Crippen LogP contribution in [-0.4, -0.2) is 34.6 Å².